The van der Waals surface area contributed by atoms with Crippen LogP contribution in [0.25, 0.3) is 22.4 Å². The minimum absolute atomic E-state index is 0.00715. The molecule has 7 rings (SSSR count). The Balaban J connectivity index is 1.43. The summed E-state index contributed by atoms with van der Waals surface area (Å²) in [5.74, 6) is -1.87. The largest absolute Gasteiger partial charge is 0.481 e. The van der Waals surface area contributed by atoms with E-state index in [-0.39, 0.29) is 17.5 Å². The second-order valence-corrected chi connectivity index (χ2v) is 14.9. The minimum Gasteiger partial charge on any atom is -0.481 e. The molecule has 4 aliphatic rings. The van der Waals surface area contributed by atoms with Crippen molar-refractivity contribution in [3.8, 4) is 5.75 Å². The first kappa shape index (κ1) is 29.5. The average Bonchev–Trinajstić information content (AvgIpc) is 2.93. The molecule has 1 aliphatic carbocycles. The van der Waals surface area contributed by atoms with E-state index in [1.54, 1.807) is 0 Å². The number of aliphatic carboxylic acids is 2. The summed E-state index contributed by atoms with van der Waals surface area (Å²) in [4.78, 5) is 24.1. The lowest BCUT2D eigenvalue weighted by molar-refractivity contribution is -0.148. The lowest BCUT2D eigenvalue weighted by Crippen LogP contribution is -2.37. The first-order chi connectivity index (χ1) is 21.2. The Hall–Kier alpha value is -4.26. The first-order valence-corrected chi connectivity index (χ1v) is 16.1. The van der Waals surface area contributed by atoms with Crippen LogP contribution in [0.1, 0.15) is 113 Å². The molecule has 0 saturated carbocycles. The van der Waals surface area contributed by atoms with Crippen LogP contribution in [0.4, 0.5) is 11.4 Å². The molecule has 3 heterocycles. The highest BCUT2D eigenvalue weighted by atomic mass is 16.5. The SMILES string of the molecule is CC1CC(C)(C)Nc2ccc3c(c21)C=CC1=C(CC(CC(=O)O)C(=O)O)c2ccc4c5c(ccc4c2OC13)NC(C)(C)CC5C. The molecule has 7 heteroatoms. The molecule has 0 spiro atoms. The number of carbonyl (C=O) groups is 2. The third-order valence-electron chi connectivity index (χ3n) is 10.2. The minimum atomic E-state index is -1.12. The molecule has 0 saturated heterocycles. The van der Waals surface area contributed by atoms with Crippen molar-refractivity contribution < 1.29 is 24.5 Å². The van der Waals surface area contributed by atoms with Crippen molar-refractivity contribution in [2.24, 2.45) is 5.92 Å². The third kappa shape index (κ3) is 4.88. The summed E-state index contributed by atoms with van der Waals surface area (Å²) in [6, 6.07) is 12.7. The Bertz CT molecular complexity index is 1850. The number of fused-ring (bicyclic) bond motifs is 10. The molecular formula is C38H42N2O5. The molecule has 0 bridgehead atoms. The van der Waals surface area contributed by atoms with E-state index in [0.29, 0.717) is 11.8 Å². The van der Waals surface area contributed by atoms with Gasteiger partial charge in [-0.3, -0.25) is 9.59 Å². The van der Waals surface area contributed by atoms with Crippen LogP contribution in [-0.4, -0.2) is 33.2 Å². The molecule has 3 aromatic rings. The highest BCUT2D eigenvalue weighted by Gasteiger charge is 2.39. The van der Waals surface area contributed by atoms with Crippen LogP contribution in [0.2, 0.25) is 0 Å². The average molecular weight is 607 g/mol. The number of rotatable bonds is 5. The molecular weight excluding hydrogens is 564 g/mol. The lowest BCUT2D eigenvalue weighted by atomic mass is 9.74. The molecule has 3 aliphatic heterocycles. The van der Waals surface area contributed by atoms with Gasteiger partial charge in [-0.2, -0.15) is 0 Å². The van der Waals surface area contributed by atoms with Gasteiger partial charge >= 0.3 is 11.9 Å². The summed E-state index contributed by atoms with van der Waals surface area (Å²) >= 11 is 0. The number of nitrogens with one attached hydrogen (secondary N) is 2. The Morgan fingerprint density at radius 3 is 2.16 bits per heavy atom. The van der Waals surface area contributed by atoms with E-state index in [2.05, 4.69) is 94.7 Å². The van der Waals surface area contributed by atoms with E-state index in [1.807, 2.05) is 6.07 Å². The van der Waals surface area contributed by atoms with Crippen molar-refractivity contribution >= 4 is 45.7 Å². The predicted molar refractivity (Wildman–Crippen MR) is 179 cm³/mol. The van der Waals surface area contributed by atoms with Crippen molar-refractivity contribution in [2.45, 2.75) is 96.2 Å². The first-order valence-electron chi connectivity index (χ1n) is 16.1. The fraction of sp³-hybridized carbons (Fsp3) is 0.421. The number of hydrogen-bond acceptors (Lipinski definition) is 5. The highest BCUT2D eigenvalue weighted by molar-refractivity contribution is 6.00. The molecule has 4 N–H and O–H groups in total. The van der Waals surface area contributed by atoms with Gasteiger partial charge in [-0.25, -0.2) is 0 Å². The zero-order valence-electron chi connectivity index (χ0n) is 26.9. The molecule has 0 amide bonds. The fourth-order valence-electron chi connectivity index (χ4n) is 8.70. The zero-order valence-corrected chi connectivity index (χ0v) is 26.9. The maximum Gasteiger partial charge on any atom is 0.307 e. The van der Waals surface area contributed by atoms with Gasteiger partial charge in [0, 0.05) is 44.5 Å². The lowest BCUT2D eigenvalue weighted by Gasteiger charge is -2.41. The second kappa shape index (κ2) is 10.1. The standard InChI is InChI=1S/C38H42N2O5/c1-19-17-37(3,4)39-29-13-11-24-22(32(19)29)7-9-26-28(15-21(36(43)44)16-31(41)42)27-10-8-23-25(35(27)45-34(24)26)12-14-30-33(23)20(2)18-38(5,6)40-30/h7-14,19-21,34,39-40H,15-18H2,1-6H3,(H,41,42)(H,43,44). The number of allylic oxidation sites excluding steroid dienone is 1. The van der Waals surface area contributed by atoms with Gasteiger partial charge in [-0.05, 0) is 105 Å². The monoisotopic (exact) mass is 606 g/mol. The van der Waals surface area contributed by atoms with Gasteiger partial charge in [0.2, 0.25) is 0 Å². The normalized spacial score (nSPS) is 24.1. The number of carboxylic acids is 2. The van der Waals surface area contributed by atoms with Crippen LogP contribution in [-0.2, 0) is 9.59 Å². The van der Waals surface area contributed by atoms with Crippen molar-refractivity contribution in [3.63, 3.8) is 0 Å². The summed E-state index contributed by atoms with van der Waals surface area (Å²) in [6.07, 6.45) is 5.43. The second-order valence-electron chi connectivity index (χ2n) is 14.9. The summed E-state index contributed by atoms with van der Waals surface area (Å²) < 4.78 is 7.05. The molecule has 4 unspecified atom stereocenters. The molecule has 234 valence electrons. The van der Waals surface area contributed by atoms with Crippen LogP contribution in [0.3, 0.4) is 0 Å². The van der Waals surface area contributed by atoms with Crippen molar-refractivity contribution in [1.82, 2.24) is 0 Å². The van der Waals surface area contributed by atoms with Gasteiger partial charge in [0.1, 0.15) is 11.9 Å². The fourth-order valence-corrected chi connectivity index (χ4v) is 8.70. The Labute approximate surface area is 264 Å². The molecule has 0 radical (unpaired) electrons. The van der Waals surface area contributed by atoms with E-state index in [1.165, 1.54) is 11.1 Å². The van der Waals surface area contributed by atoms with Crippen LogP contribution in [0.5, 0.6) is 5.75 Å². The molecule has 4 atom stereocenters. The summed E-state index contributed by atoms with van der Waals surface area (Å²) in [7, 11) is 0. The van der Waals surface area contributed by atoms with E-state index >= 15 is 0 Å². The molecule has 0 fully saturated rings. The number of benzene rings is 3. The molecule has 3 aromatic carbocycles. The maximum absolute atomic E-state index is 12.3. The van der Waals surface area contributed by atoms with Crippen LogP contribution >= 0.6 is 0 Å². The Morgan fingerprint density at radius 2 is 1.49 bits per heavy atom. The van der Waals surface area contributed by atoms with Crippen LogP contribution in [0, 0.1) is 5.92 Å². The van der Waals surface area contributed by atoms with Gasteiger partial charge < -0.3 is 25.6 Å². The maximum atomic E-state index is 12.3. The molecule has 7 nitrogen and oxygen atoms in total. The number of anilines is 2. The Morgan fingerprint density at radius 1 is 0.867 bits per heavy atom. The molecule has 0 aromatic heterocycles. The summed E-state index contributed by atoms with van der Waals surface area (Å²) in [5.41, 5.74) is 9.59. The van der Waals surface area contributed by atoms with Crippen molar-refractivity contribution in [3.05, 3.63) is 75.9 Å². The van der Waals surface area contributed by atoms with Gasteiger partial charge in [-0.15, -0.1) is 0 Å². The summed E-state index contributed by atoms with van der Waals surface area (Å²) in [5, 5.41) is 29.2. The van der Waals surface area contributed by atoms with Gasteiger partial charge in [0.05, 0.1) is 12.3 Å². The van der Waals surface area contributed by atoms with Crippen LogP contribution < -0.4 is 15.4 Å². The quantitative estimate of drug-likeness (QED) is 0.230. The van der Waals surface area contributed by atoms with Gasteiger partial charge in [0.15, 0.2) is 0 Å². The van der Waals surface area contributed by atoms with E-state index in [9.17, 15) is 19.8 Å². The van der Waals surface area contributed by atoms with Gasteiger partial charge in [0.25, 0.3) is 0 Å². The van der Waals surface area contributed by atoms with Crippen molar-refractivity contribution in [1.29, 1.82) is 0 Å². The number of ether oxygens (including phenoxy) is 1. The van der Waals surface area contributed by atoms with Gasteiger partial charge in [-0.1, -0.05) is 44.2 Å². The van der Waals surface area contributed by atoms with Crippen LogP contribution in [0.15, 0.2) is 48.0 Å². The summed E-state index contributed by atoms with van der Waals surface area (Å²) in [6.45, 7) is 13.5. The smallest absolute Gasteiger partial charge is 0.307 e. The topological polar surface area (TPSA) is 108 Å². The number of carboxylic acid groups (broad SMARTS) is 2. The number of hydrogen-bond donors (Lipinski definition) is 4. The third-order valence-corrected chi connectivity index (χ3v) is 10.2. The Kier molecular flexibility index (Phi) is 6.63. The van der Waals surface area contributed by atoms with E-state index < -0.39 is 30.4 Å². The highest BCUT2D eigenvalue weighted by Crippen LogP contribution is 2.54. The molecule has 45 heavy (non-hydrogen) atoms. The van der Waals surface area contributed by atoms with E-state index in [0.717, 1.165) is 68.6 Å². The van der Waals surface area contributed by atoms with E-state index in [4.69, 9.17) is 4.74 Å². The zero-order chi connectivity index (χ0) is 32.0. The van der Waals surface area contributed by atoms with Crippen molar-refractivity contribution in [2.75, 3.05) is 10.6 Å². The predicted octanol–water partition coefficient (Wildman–Crippen LogP) is 8.71.